The van der Waals surface area contributed by atoms with Gasteiger partial charge in [0, 0.05) is 0 Å². The van der Waals surface area contributed by atoms with Gasteiger partial charge in [-0.25, -0.2) is 0 Å². The molecule has 0 aromatic rings. The lowest BCUT2D eigenvalue weighted by atomic mass is 10.1. The fourth-order valence-corrected chi connectivity index (χ4v) is 1.37. The van der Waals surface area contributed by atoms with E-state index in [0.717, 1.165) is 0 Å². The molecule has 0 spiro atoms. The maximum Gasteiger partial charge on any atom is 0.166 e. The van der Waals surface area contributed by atoms with Crippen molar-refractivity contribution in [3.8, 4) is 0 Å². The maximum absolute atomic E-state index is 11.0. The average molecular weight is 189 g/mol. The van der Waals surface area contributed by atoms with Crippen molar-refractivity contribution in [2.45, 2.75) is 4.33 Å². The van der Waals surface area contributed by atoms with Crippen LogP contribution in [0.5, 0.6) is 0 Å². The van der Waals surface area contributed by atoms with Gasteiger partial charge >= 0.3 is 0 Å². The van der Waals surface area contributed by atoms with Crippen molar-refractivity contribution in [2.24, 2.45) is 5.92 Å². The SMILES string of the molecule is C=C=CC1C(=O)C=CC1(Cl)Cl. The highest BCUT2D eigenvalue weighted by Gasteiger charge is 2.39. The van der Waals surface area contributed by atoms with Gasteiger partial charge in [-0.2, -0.15) is 0 Å². The summed E-state index contributed by atoms with van der Waals surface area (Å²) in [5.74, 6) is -0.630. The molecular formula is C8H6Cl2O. The maximum atomic E-state index is 11.0. The predicted octanol–water partition coefficient (Wildman–Crippen LogP) is 2.26. The Balaban J connectivity index is 2.96. The summed E-state index contributed by atoms with van der Waals surface area (Å²) in [4.78, 5) is 11.0. The number of halogens is 2. The van der Waals surface area contributed by atoms with Gasteiger partial charge in [0.05, 0.1) is 5.92 Å². The fourth-order valence-electron chi connectivity index (χ4n) is 0.901. The van der Waals surface area contributed by atoms with Gasteiger partial charge in [0.1, 0.15) is 0 Å². The molecule has 0 saturated carbocycles. The lowest BCUT2D eigenvalue weighted by Crippen LogP contribution is -2.21. The van der Waals surface area contributed by atoms with E-state index < -0.39 is 10.3 Å². The van der Waals surface area contributed by atoms with Gasteiger partial charge in [0.15, 0.2) is 10.1 Å². The predicted molar refractivity (Wildman–Crippen MR) is 45.8 cm³/mol. The van der Waals surface area contributed by atoms with Crippen LogP contribution in [-0.2, 0) is 4.79 Å². The molecule has 1 rings (SSSR count). The lowest BCUT2D eigenvalue weighted by molar-refractivity contribution is -0.116. The van der Waals surface area contributed by atoms with Crippen molar-refractivity contribution in [1.82, 2.24) is 0 Å². The highest BCUT2D eigenvalue weighted by Crippen LogP contribution is 2.38. The Kier molecular flexibility index (Phi) is 2.24. The number of rotatable bonds is 1. The van der Waals surface area contributed by atoms with Crippen LogP contribution in [0.15, 0.2) is 30.5 Å². The van der Waals surface area contributed by atoms with Crippen LogP contribution in [0.2, 0.25) is 0 Å². The van der Waals surface area contributed by atoms with Gasteiger partial charge in [-0.05, 0) is 18.2 Å². The Bertz CT molecular complexity index is 259. The first-order valence-corrected chi connectivity index (χ1v) is 3.80. The smallest absolute Gasteiger partial charge is 0.166 e. The van der Waals surface area contributed by atoms with E-state index >= 15 is 0 Å². The fraction of sp³-hybridized carbons (Fsp3) is 0.250. The Morgan fingerprint density at radius 3 is 2.73 bits per heavy atom. The molecule has 1 atom stereocenters. The number of alkyl halides is 2. The average Bonchev–Trinajstić information content (AvgIpc) is 2.16. The Morgan fingerprint density at radius 2 is 2.36 bits per heavy atom. The van der Waals surface area contributed by atoms with E-state index in [9.17, 15) is 4.79 Å². The molecule has 0 aliphatic heterocycles. The van der Waals surface area contributed by atoms with E-state index in [4.69, 9.17) is 23.2 Å². The van der Waals surface area contributed by atoms with Crippen molar-refractivity contribution in [2.75, 3.05) is 0 Å². The van der Waals surface area contributed by atoms with E-state index in [1.807, 2.05) is 0 Å². The number of carbonyl (C=O) groups is 1. The normalized spacial score (nSPS) is 26.7. The van der Waals surface area contributed by atoms with Crippen molar-refractivity contribution in [1.29, 1.82) is 0 Å². The molecule has 1 aliphatic rings. The van der Waals surface area contributed by atoms with E-state index in [1.165, 1.54) is 18.2 Å². The number of allylic oxidation sites excluding steroid dienone is 3. The zero-order valence-corrected chi connectivity index (χ0v) is 7.19. The second kappa shape index (κ2) is 2.86. The Labute approximate surface area is 75.0 Å². The third-order valence-electron chi connectivity index (χ3n) is 1.48. The first-order valence-electron chi connectivity index (χ1n) is 3.05. The minimum absolute atomic E-state index is 0.105. The second-order valence-electron chi connectivity index (χ2n) is 2.26. The Hall–Kier alpha value is -0.490. The molecule has 0 amide bonds. The van der Waals surface area contributed by atoms with Gasteiger partial charge in [-0.15, -0.1) is 5.73 Å². The van der Waals surface area contributed by atoms with E-state index in [1.54, 1.807) is 0 Å². The number of carbonyl (C=O) groups excluding carboxylic acids is 1. The quantitative estimate of drug-likeness (QED) is 0.456. The summed E-state index contributed by atoms with van der Waals surface area (Å²) in [6.07, 6.45) is 4.32. The van der Waals surface area contributed by atoms with Crippen LogP contribution in [-0.4, -0.2) is 10.1 Å². The summed E-state index contributed by atoms with van der Waals surface area (Å²) in [5.41, 5.74) is 2.49. The first kappa shape index (κ1) is 8.61. The lowest BCUT2D eigenvalue weighted by Gasteiger charge is -2.14. The second-order valence-corrected chi connectivity index (χ2v) is 3.70. The molecule has 0 radical (unpaired) electrons. The van der Waals surface area contributed by atoms with E-state index in [0.29, 0.717) is 0 Å². The molecule has 0 bridgehead atoms. The van der Waals surface area contributed by atoms with Crippen LogP contribution in [0.25, 0.3) is 0 Å². The largest absolute Gasteiger partial charge is 0.294 e. The van der Waals surface area contributed by atoms with Gasteiger partial charge < -0.3 is 0 Å². The molecule has 0 aromatic heterocycles. The van der Waals surface area contributed by atoms with E-state index in [-0.39, 0.29) is 5.78 Å². The van der Waals surface area contributed by atoms with Crippen molar-refractivity contribution in [3.05, 3.63) is 30.5 Å². The summed E-state index contributed by atoms with van der Waals surface area (Å²) >= 11 is 11.5. The van der Waals surface area contributed by atoms with E-state index in [2.05, 4.69) is 12.3 Å². The molecular weight excluding hydrogens is 183 g/mol. The van der Waals surface area contributed by atoms with Crippen LogP contribution in [0.1, 0.15) is 0 Å². The highest BCUT2D eigenvalue weighted by atomic mass is 35.5. The van der Waals surface area contributed by atoms with Crippen molar-refractivity contribution >= 4 is 29.0 Å². The van der Waals surface area contributed by atoms with Gasteiger partial charge in [0.2, 0.25) is 0 Å². The monoisotopic (exact) mass is 188 g/mol. The molecule has 11 heavy (non-hydrogen) atoms. The summed E-state index contributed by atoms with van der Waals surface area (Å²) < 4.78 is -1.11. The van der Waals surface area contributed by atoms with Crippen LogP contribution in [0, 0.1) is 5.92 Å². The summed E-state index contributed by atoms with van der Waals surface area (Å²) in [7, 11) is 0. The topological polar surface area (TPSA) is 17.1 Å². The van der Waals surface area contributed by atoms with Crippen LogP contribution < -0.4 is 0 Å². The highest BCUT2D eigenvalue weighted by molar-refractivity contribution is 6.52. The molecule has 1 unspecified atom stereocenters. The van der Waals surface area contributed by atoms with Crippen molar-refractivity contribution in [3.63, 3.8) is 0 Å². The minimum atomic E-state index is -1.11. The molecule has 3 heteroatoms. The van der Waals surface area contributed by atoms with Crippen molar-refractivity contribution < 1.29 is 4.79 Å². The van der Waals surface area contributed by atoms with Crippen LogP contribution >= 0.6 is 23.2 Å². The third-order valence-corrected chi connectivity index (χ3v) is 2.20. The van der Waals surface area contributed by atoms with Crippen LogP contribution in [0.3, 0.4) is 0 Å². The summed E-state index contributed by atoms with van der Waals surface area (Å²) in [6.45, 7) is 3.35. The summed E-state index contributed by atoms with van der Waals surface area (Å²) in [5, 5.41) is 0. The van der Waals surface area contributed by atoms with Crippen LogP contribution in [0.4, 0.5) is 0 Å². The molecule has 0 fully saturated rings. The number of ketones is 1. The first-order chi connectivity index (χ1) is 5.08. The van der Waals surface area contributed by atoms with Gasteiger partial charge in [-0.1, -0.05) is 29.8 Å². The standard InChI is InChI=1S/C8H6Cl2O/c1-2-3-6-7(11)4-5-8(6,9)10/h3-6H,1H2. The zero-order chi connectivity index (χ0) is 8.48. The molecule has 58 valence electrons. The molecule has 0 saturated heterocycles. The van der Waals surface area contributed by atoms with Gasteiger partial charge in [-0.3, -0.25) is 4.79 Å². The molecule has 0 heterocycles. The molecule has 0 aromatic carbocycles. The van der Waals surface area contributed by atoms with Gasteiger partial charge in [0.25, 0.3) is 0 Å². The molecule has 1 aliphatic carbocycles. The number of hydrogen-bond acceptors (Lipinski definition) is 1. The Morgan fingerprint density at radius 1 is 1.73 bits per heavy atom. The minimum Gasteiger partial charge on any atom is -0.294 e. The molecule has 0 N–H and O–H groups in total. The summed E-state index contributed by atoms with van der Waals surface area (Å²) in [6, 6.07) is 0. The zero-order valence-electron chi connectivity index (χ0n) is 5.68. The number of hydrogen-bond donors (Lipinski definition) is 0. The third kappa shape index (κ3) is 1.57. The molecule has 1 nitrogen and oxygen atoms in total.